The van der Waals surface area contributed by atoms with E-state index in [9.17, 15) is 45.8 Å². The molecule has 8 aromatic carbocycles. The summed E-state index contributed by atoms with van der Waals surface area (Å²) in [4.78, 5) is 48.3. The predicted octanol–water partition coefficient (Wildman–Crippen LogP) is 20.0. The van der Waals surface area contributed by atoms with Gasteiger partial charge in [0.15, 0.2) is 10.3 Å². The van der Waals surface area contributed by atoms with Crippen LogP contribution in [0.2, 0.25) is 0 Å². The Labute approximate surface area is 633 Å². The van der Waals surface area contributed by atoms with Gasteiger partial charge in [0.1, 0.15) is 60.8 Å². The van der Waals surface area contributed by atoms with E-state index in [0.29, 0.717) is 32.8 Å². The highest BCUT2D eigenvalue weighted by molar-refractivity contribution is 7.98. The smallest absolute Gasteiger partial charge is 0.264 e. The van der Waals surface area contributed by atoms with Gasteiger partial charge in [-0.15, -0.1) is 11.6 Å². The van der Waals surface area contributed by atoms with Crippen molar-refractivity contribution in [1.29, 1.82) is 0 Å². The largest absolute Gasteiger partial charge is 0.493 e. The Bertz CT molecular complexity index is 4360. The van der Waals surface area contributed by atoms with Gasteiger partial charge in [0, 0.05) is 59.5 Å². The van der Waals surface area contributed by atoms with Gasteiger partial charge < -0.3 is 36.1 Å². The molecule has 0 saturated carbocycles. The summed E-state index contributed by atoms with van der Waals surface area (Å²) in [6.07, 6.45) is 7.07. The Balaban J connectivity index is 0.00000124. The first-order valence-corrected chi connectivity index (χ1v) is 35.8. The number of alkyl halides is 1. The monoisotopic (exact) mass is 1520 g/mol. The van der Waals surface area contributed by atoms with E-state index in [-0.39, 0.29) is 72.0 Å². The van der Waals surface area contributed by atoms with Crippen LogP contribution in [0.25, 0.3) is 17.1 Å². The van der Waals surface area contributed by atoms with Gasteiger partial charge in [0.05, 0.1) is 40.6 Å². The normalized spacial score (nSPS) is 9.99. The molecule has 4 heterocycles. The van der Waals surface area contributed by atoms with Crippen LogP contribution >= 0.6 is 35.6 Å². The van der Waals surface area contributed by atoms with Crippen molar-refractivity contribution >= 4 is 52.1 Å². The summed E-state index contributed by atoms with van der Waals surface area (Å²) in [5.74, 6) is -3.87. The predicted molar refractivity (Wildman–Crippen MR) is 426 cm³/mol. The molecule has 1 fully saturated rings. The number of anilines is 2. The van der Waals surface area contributed by atoms with Crippen molar-refractivity contribution in [3.8, 4) is 34.7 Å². The second-order valence-electron chi connectivity index (χ2n) is 19.6. The molecule has 1 aliphatic rings. The summed E-state index contributed by atoms with van der Waals surface area (Å²) < 4.78 is 97.5. The Hall–Kier alpha value is -10.5. The number of nitrogens with one attached hydrogen (secondary N) is 1. The first-order chi connectivity index (χ1) is 50.8. The first kappa shape index (κ1) is 95.5. The van der Waals surface area contributed by atoms with Crippen LogP contribution in [0.5, 0.6) is 17.6 Å². The van der Waals surface area contributed by atoms with Crippen molar-refractivity contribution in [3.05, 3.63) is 319 Å². The van der Waals surface area contributed by atoms with Crippen LogP contribution < -0.4 is 42.9 Å². The highest BCUT2D eigenvalue weighted by atomic mass is 35.5. The first-order valence-electron chi connectivity index (χ1n) is 33.7. The molecule has 3 aromatic heterocycles. The van der Waals surface area contributed by atoms with E-state index < -0.39 is 34.9 Å². The number of rotatable bonds is 12. The van der Waals surface area contributed by atoms with Gasteiger partial charge in [0.2, 0.25) is 17.6 Å². The summed E-state index contributed by atoms with van der Waals surface area (Å²) in [7, 11) is 0. The van der Waals surface area contributed by atoms with Crippen molar-refractivity contribution in [2.75, 3.05) is 30.5 Å². The molecule has 0 radical (unpaired) electrons. The van der Waals surface area contributed by atoms with Crippen molar-refractivity contribution in [2.45, 2.75) is 121 Å². The van der Waals surface area contributed by atoms with Crippen LogP contribution in [-0.4, -0.2) is 58.3 Å². The van der Waals surface area contributed by atoms with E-state index in [1.807, 2.05) is 197 Å². The van der Waals surface area contributed by atoms with Gasteiger partial charge in [-0.25, -0.2) is 36.3 Å². The maximum Gasteiger partial charge on any atom is 0.264 e. The quantitative estimate of drug-likeness (QED) is 0.0223. The van der Waals surface area contributed by atoms with Crippen molar-refractivity contribution in [2.24, 2.45) is 5.73 Å². The summed E-state index contributed by atoms with van der Waals surface area (Å²) in [5.41, 5.74) is 14.6. The van der Waals surface area contributed by atoms with Crippen LogP contribution in [-0.2, 0) is 23.8 Å². The molecule has 0 aliphatic carbocycles. The molecular weight excluding hydrogens is 1420 g/mol. The van der Waals surface area contributed by atoms with Gasteiger partial charge in [-0.3, -0.25) is 28.1 Å². The molecule has 1 aliphatic heterocycles. The molecule has 0 bridgehead atoms. The fourth-order valence-electron chi connectivity index (χ4n) is 7.93. The highest BCUT2D eigenvalue weighted by Crippen LogP contribution is 2.20. The van der Waals surface area contributed by atoms with Crippen molar-refractivity contribution in [3.63, 3.8) is 0 Å². The van der Waals surface area contributed by atoms with Crippen LogP contribution in [0, 0.1) is 41.8 Å². The lowest BCUT2D eigenvalue weighted by molar-refractivity contribution is 0.198. The van der Waals surface area contributed by atoms with Crippen LogP contribution in [0.15, 0.2) is 251 Å². The minimum Gasteiger partial charge on any atom is -0.493 e. The van der Waals surface area contributed by atoms with Crippen LogP contribution in [0.1, 0.15) is 112 Å². The Morgan fingerprint density at radius 3 is 1.35 bits per heavy atom. The number of aromatic hydroxyl groups is 1. The molecule has 0 amide bonds. The lowest BCUT2D eigenvalue weighted by atomic mass is 10.2. The number of benzene rings is 8. The number of ether oxygens (including phenoxy) is 3. The van der Waals surface area contributed by atoms with E-state index in [1.54, 1.807) is 37.4 Å². The number of nitrogens with zero attached hydrogens (tertiary/aromatic N) is 6. The highest BCUT2D eigenvalue weighted by Gasteiger charge is 2.14. The zero-order chi connectivity index (χ0) is 78.5. The second-order valence-corrected chi connectivity index (χ2v) is 21.1. The molecule has 570 valence electrons. The standard InChI is InChI=1S/C18H14F2N2O2.C17H12F2N2O2.C11H10N2O2S.C7H5ClF2.C7H8N2S.C6H7N.C4H8O.5C2H6.CH4/c1-12-17(24-10-13-7-8-14(19)9-16(13)20)21-11-22(18(12)23)15-5-3-2-4-6-15;18-13-7-6-12(15(19)8-13)10-23-16-9-17(22)21(11-20-16)14-4-2-1-3-5-14;1-16-11-12-9(14)7-10(15)13(11)8-5-3-2-4-6-8;8-4-5-1-2-6(9)3-7(5)10;8-7(10)9-6-4-2-1-3-5-6;7-6-4-2-1-3-5-6;1-2-4-5-3-1;5*1-2;/h2-9,11H,10H2,1H3;1-9,11H,10H2;2-7,14H,1H3;1-3H,4H2;1-5H,(H3,8,9,10);1-5H,7H2;1-4H2;5*1-2H3;1H4. The molecule has 6 N–H and O–H groups in total. The van der Waals surface area contributed by atoms with E-state index in [4.69, 9.17) is 37.3 Å². The molecule has 1 saturated heterocycles. The number of halogens is 7. The number of para-hydroxylation sites is 5. The maximum atomic E-state index is 13.6. The fraction of sp³-hybridized carbons (Fsp3) is 0.247. The van der Waals surface area contributed by atoms with Gasteiger partial charge in [-0.2, -0.15) is 4.98 Å². The molecule has 11 aromatic rings. The molecular formula is C81H98ClF6N9O7S2. The molecule has 106 heavy (non-hydrogen) atoms. The van der Waals surface area contributed by atoms with Gasteiger partial charge in [-0.05, 0) is 129 Å². The summed E-state index contributed by atoms with van der Waals surface area (Å²) >= 11 is 11.3. The van der Waals surface area contributed by atoms with Crippen LogP contribution in [0.3, 0.4) is 0 Å². The third-order valence-corrected chi connectivity index (χ3v) is 13.7. The number of nitrogen functional groups attached to an aromatic ring is 1. The van der Waals surface area contributed by atoms with E-state index >= 15 is 0 Å². The van der Waals surface area contributed by atoms with E-state index in [2.05, 4.69) is 32.5 Å². The number of aromatic nitrogens is 6. The third kappa shape index (κ3) is 35.8. The summed E-state index contributed by atoms with van der Waals surface area (Å²) in [5, 5.41) is 12.8. The molecule has 25 heteroatoms. The second kappa shape index (κ2) is 56.9. The molecule has 0 atom stereocenters. The van der Waals surface area contributed by atoms with E-state index in [1.165, 1.54) is 81.3 Å². The SMILES string of the molecule is C.C1CCOC1.CC.CC.CC.CC.CC.CSc1nc(O)cc(=O)n1-c1ccccc1.Cc1c(OCc2ccc(F)cc2F)ncn(-c2ccccc2)c1=O.Fc1ccc(CCl)c(F)c1.NC(=S)Nc1ccccc1.Nc1ccccc1.O=c1cc(OCc2ccc(F)cc2F)ncn1-c1ccccc1. The Morgan fingerprint density at radius 1 is 0.557 bits per heavy atom. The number of hydrogen-bond donors (Lipinski definition) is 4. The Kier molecular flexibility index (Phi) is 51.2. The lowest BCUT2D eigenvalue weighted by Gasteiger charge is -2.11. The zero-order valence-corrected chi connectivity index (χ0v) is 63.5. The maximum absolute atomic E-state index is 13.6. The Morgan fingerprint density at radius 2 is 0.962 bits per heavy atom. The zero-order valence-electron chi connectivity index (χ0n) is 61.1. The molecule has 16 nitrogen and oxygen atoms in total. The average molecular weight is 1520 g/mol. The van der Waals surface area contributed by atoms with Gasteiger partial charge in [-0.1, -0.05) is 185 Å². The summed E-state index contributed by atoms with van der Waals surface area (Å²) in [6.45, 7) is 23.3. The number of thiocarbonyl (C=S) groups is 1. The molecule has 0 spiro atoms. The van der Waals surface area contributed by atoms with Crippen molar-refractivity contribution < 1.29 is 45.7 Å². The van der Waals surface area contributed by atoms with Gasteiger partial charge in [0.25, 0.3) is 16.7 Å². The summed E-state index contributed by atoms with van der Waals surface area (Å²) in [6, 6.07) is 58.4. The van der Waals surface area contributed by atoms with Crippen LogP contribution in [0.4, 0.5) is 37.7 Å². The average Bonchev–Trinajstić information content (AvgIpc) is 0.843. The lowest BCUT2D eigenvalue weighted by Crippen LogP contribution is -2.22. The number of hydrogen-bond acceptors (Lipinski definition) is 13. The number of nitrogens with two attached hydrogens (primary N) is 2. The fourth-order valence-corrected chi connectivity index (χ4v) is 8.83. The molecule has 12 rings (SSSR count). The topological polar surface area (TPSA) is 217 Å². The van der Waals surface area contributed by atoms with E-state index in [0.717, 1.165) is 66.7 Å². The molecule has 0 unspecified atom stereocenters. The minimum atomic E-state index is -0.706. The number of thioether (sulfide) groups is 1. The van der Waals surface area contributed by atoms with Crippen molar-refractivity contribution in [1.82, 2.24) is 28.7 Å². The minimum absolute atomic E-state index is 0. The third-order valence-electron chi connectivity index (χ3n) is 12.7. The van der Waals surface area contributed by atoms with Gasteiger partial charge >= 0.3 is 0 Å².